The molecule has 1 heterocycles. The Hall–Kier alpha value is -0.980. The van der Waals surface area contributed by atoms with Crippen molar-refractivity contribution < 1.29 is 13.2 Å². The monoisotopic (exact) mass is 230 g/mol. The summed E-state index contributed by atoms with van der Waals surface area (Å²) in [6.45, 7) is 1.88. The maximum atomic E-state index is 10.9. The second kappa shape index (κ2) is 5.20. The molecule has 1 aromatic heterocycles. The predicted molar refractivity (Wildman–Crippen MR) is 56.5 cm³/mol. The van der Waals surface area contributed by atoms with E-state index in [0.29, 0.717) is 6.61 Å². The summed E-state index contributed by atoms with van der Waals surface area (Å²) in [5.74, 6) is 0. The Morgan fingerprint density at radius 1 is 1.53 bits per heavy atom. The molecule has 6 heteroatoms. The van der Waals surface area contributed by atoms with Crippen LogP contribution in [0.4, 0.5) is 0 Å². The average Bonchev–Trinajstić information content (AvgIpc) is 2.18. The third-order valence-corrected chi connectivity index (χ3v) is 3.15. The topological polar surface area (TPSA) is 82.3 Å². The summed E-state index contributed by atoms with van der Waals surface area (Å²) in [6, 6.07) is 5.45. The molecule has 84 valence electrons. The van der Waals surface area contributed by atoms with Crippen LogP contribution in [0.15, 0.2) is 24.4 Å². The van der Waals surface area contributed by atoms with Crippen LogP contribution in [0, 0.1) is 0 Å². The molecule has 5 nitrogen and oxygen atoms in total. The van der Waals surface area contributed by atoms with Crippen molar-refractivity contribution in [3.05, 3.63) is 30.1 Å². The molecule has 0 radical (unpaired) electrons. The number of aromatic nitrogens is 1. The van der Waals surface area contributed by atoms with Crippen LogP contribution in [-0.4, -0.2) is 25.3 Å². The molecule has 0 saturated heterocycles. The van der Waals surface area contributed by atoms with Crippen LogP contribution in [0.2, 0.25) is 0 Å². The molecule has 15 heavy (non-hydrogen) atoms. The van der Waals surface area contributed by atoms with Crippen LogP contribution in [0.1, 0.15) is 12.6 Å². The maximum absolute atomic E-state index is 10.9. The van der Waals surface area contributed by atoms with Crippen molar-refractivity contribution in [1.82, 2.24) is 4.98 Å². The minimum atomic E-state index is -3.50. The lowest BCUT2D eigenvalue weighted by atomic mass is 10.4. The molecule has 1 rings (SSSR count). The summed E-state index contributed by atoms with van der Waals surface area (Å²) in [4.78, 5) is 4.03. The lowest BCUT2D eigenvalue weighted by molar-refractivity contribution is 0.120. The molecule has 0 aliphatic carbocycles. The fourth-order valence-corrected chi connectivity index (χ4v) is 1.19. The van der Waals surface area contributed by atoms with Crippen LogP contribution in [0.3, 0.4) is 0 Å². The molecule has 1 atom stereocenters. The van der Waals surface area contributed by atoms with Gasteiger partial charge in [-0.2, -0.15) is 0 Å². The van der Waals surface area contributed by atoms with Crippen molar-refractivity contribution in [3.8, 4) is 0 Å². The fraction of sp³-hybridized carbons (Fsp3) is 0.444. The Morgan fingerprint density at radius 2 is 2.27 bits per heavy atom. The van der Waals surface area contributed by atoms with Crippen molar-refractivity contribution in [2.45, 2.75) is 18.8 Å². The zero-order valence-corrected chi connectivity index (χ0v) is 9.28. The number of primary sulfonamides is 1. The van der Waals surface area contributed by atoms with E-state index in [1.54, 1.807) is 12.3 Å². The number of hydrogen-bond acceptors (Lipinski definition) is 4. The molecule has 0 aliphatic rings. The van der Waals surface area contributed by atoms with E-state index in [1.165, 1.54) is 6.92 Å². The number of nitrogens with two attached hydrogens (primary N) is 1. The fourth-order valence-electron chi connectivity index (χ4n) is 0.908. The zero-order valence-electron chi connectivity index (χ0n) is 8.46. The molecule has 1 unspecified atom stereocenters. The van der Waals surface area contributed by atoms with Gasteiger partial charge in [-0.1, -0.05) is 6.07 Å². The Labute approximate surface area is 89.3 Å². The van der Waals surface area contributed by atoms with E-state index < -0.39 is 15.3 Å². The lowest BCUT2D eigenvalue weighted by Crippen LogP contribution is -2.29. The van der Waals surface area contributed by atoms with Gasteiger partial charge in [0, 0.05) is 6.20 Å². The van der Waals surface area contributed by atoms with Gasteiger partial charge in [-0.05, 0) is 19.1 Å². The Bertz CT molecular complexity index is 391. The number of hydrogen-bond donors (Lipinski definition) is 1. The van der Waals surface area contributed by atoms with Gasteiger partial charge >= 0.3 is 0 Å². The Morgan fingerprint density at radius 3 is 2.80 bits per heavy atom. The van der Waals surface area contributed by atoms with Gasteiger partial charge < -0.3 is 4.74 Å². The van der Waals surface area contributed by atoms with E-state index in [4.69, 9.17) is 9.88 Å². The Kier molecular flexibility index (Phi) is 4.19. The molecule has 0 saturated carbocycles. The van der Waals surface area contributed by atoms with Crippen LogP contribution in [-0.2, 0) is 21.4 Å². The largest absolute Gasteiger partial charge is 0.374 e. The quantitative estimate of drug-likeness (QED) is 0.787. The first-order valence-electron chi connectivity index (χ1n) is 4.49. The van der Waals surface area contributed by atoms with Gasteiger partial charge in [0.05, 0.1) is 24.2 Å². The van der Waals surface area contributed by atoms with Gasteiger partial charge in [-0.3, -0.25) is 4.98 Å². The minimum absolute atomic E-state index is 0.0788. The number of sulfonamides is 1. The third kappa shape index (κ3) is 4.37. The molecular weight excluding hydrogens is 216 g/mol. The summed E-state index contributed by atoms with van der Waals surface area (Å²) in [5.41, 5.74) is 0.763. The normalized spacial score (nSPS) is 13.7. The van der Waals surface area contributed by atoms with Crippen LogP contribution < -0.4 is 5.14 Å². The number of pyridine rings is 1. The summed E-state index contributed by atoms with van der Waals surface area (Å²) in [5, 5.41) is 4.24. The van der Waals surface area contributed by atoms with Crippen LogP contribution in [0.5, 0.6) is 0 Å². The number of nitrogens with zero attached hydrogens (tertiary/aromatic N) is 1. The molecule has 0 aliphatic heterocycles. The Balaban J connectivity index is 2.35. The second-order valence-electron chi connectivity index (χ2n) is 3.24. The first-order chi connectivity index (χ1) is 7.00. The third-order valence-electron chi connectivity index (χ3n) is 1.89. The van der Waals surface area contributed by atoms with E-state index in [9.17, 15) is 8.42 Å². The SMILES string of the molecule is CC(COCc1ccccn1)S(N)(=O)=O. The van der Waals surface area contributed by atoms with Crippen molar-refractivity contribution >= 4 is 10.0 Å². The second-order valence-corrected chi connectivity index (χ2v) is 5.22. The van der Waals surface area contributed by atoms with Crippen molar-refractivity contribution in [2.75, 3.05) is 6.61 Å². The number of rotatable bonds is 5. The standard InChI is InChI=1S/C9H14N2O3S/c1-8(15(10,12)13)6-14-7-9-4-2-3-5-11-9/h2-5,8H,6-7H2,1H3,(H2,10,12,13). The summed E-state index contributed by atoms with van der Waals surface area (Å²) >= 11 is 0. The van der Waals surface area contributed by atoms with Gasteiger partial charge in [-0.25, -0.2) is 13.6 Å². The van der Waals surface area contributed by atoms with E-state index in [-0.39, 0.29) is 6.61 Å². The van der Waals surface area contributed by atoms with E-state index in [2.05, 4.69) is 4.98 Å². The highest BCUT2D eigenvalue weighted by Gasteiger charge is 2.15. The van der Waals surface area contributed by atoms with Gasteiger partial charge in [0.15, 0.2) is 0 Å². The van der Waals surface area contributed by atoms with Crippen molar-refractivity contribution in [3.63, 3.8) is 0 Å². The molecule has 0 aromatic carbocycles. The lowest BCUT2D eigenvalue weighted by Gasteiger charge is -2.09. The maximum Gasteiger partial charge on any atom is 0.213 e. The minimum Gasteiger partial charge on any atom is -0.374 e. The van der Waals surface area contributed by atoms with Crippen molar-refractivity contribution in [1.29, 1.82) is 0 Å². The summed E-state index contributed by atoms with van der Waals surface area (Å²) < 4.78 is 26.9. The van der Waals surface area contributed by atoms with E-state index in [1.807, 2.05) is 12.1 Å². The van der Waals surface area contributed by atoms with Gasteiger partial charge in [-0.15, -0.1) is 0 Å². The van der Waals surface area contributed by atoms with Crippen LogP contribution in [0.25, 0.3) is 0 Å². The molecule has 0 bridgehead atoms. The first kappa shape index (κ1) is 12.1. The zero-order chi connectivity index (χ0) is 11.3. The molecule has 0 spiro atoms. The molecule has 1 aromatic rings. The predicted octanol–water partition coefficient (Wildman–Crippen LogP) is 0.275. The summed E-state index contributed by atoms with van der Waals surface area (Å²) in [7, 11) is -3.50. The summed E-state index contributed by atoms with van der Waals surface area (Å²) in [6.07, 6.45) is 1.65. The molecule has 2 N–H and O–H groups in total. The van der Waals surface area contributed by atoms with Gasteiger partial charge in [0.25, 0.3) is 0 Å². The highest BCUT2D eigenvalue weighted by molar-refractivity contribution is 7.89. The van der Waals surface area contributed by atoms with Crippen molar-refractivity contribution in [2.24, 2.45) is 5.14 Å². The molecule has 0 amide bonds. The molecule has 0 fully saturated rings. The van der Waals surface area contributed by atoms with Gasteiger partial charge in [0.2, 0.25) is 10.0 Å². The highest BCUT2D eigenvalue weighted by Crippen LogP contribution is 2.00. The highest BCUT2D eigenvalue weighted by atomic mass is 32.2. The van der Waals surface area contributed by atoms with Gasteiger partial charge in [0.1, 0.15) is 0 Å². The average molecular weight is 230 g/mol. The molecular formula is C9H14N2O3S. The first-order valence-corrected chi connectivity index (χ1v) is 6.10. The van der Waals surface area contributed by atoms with Crippen LogP contribution >= 0.6 is 0 Å². The smallest absolute Gasteiger partial charge is 0.213 e. The number of ether oxygens (including phenoxy) is 1. The van der Waals surface area contributed by atoms with E-state index in [0.717, 1.165) is 5.69 Å². The van der Waals surface area contributed by atoms with E-state index >= 15 is 0 Å².